The lowest BCUT2D eigenvalue weighted by Crippen LogP contribution is -2.35. The van der Waals surface area contributed by atoms with Gasteiger partial charge in [0.1, 0.15) is 5.82 Å². The van der Waals surface area contributed by atoms with Crippen molar-refractivity contribution in [1.29, 1.82) is 0 Å². The molecule has 0 saturated heterocycles. The molecule has 0 bridgehead atoms. The van der Waals surface area contributed by atoms with Crippen molar-refractivity contribution in [3.05, 3.63) is 136 Å². The zero-order chi connectivity index (χ0) is 30.8. The summed E-state index contributed by atoms with van der Waals surface area (Å²) < 4.78 is 3.65. The van der Waals surface area contributed by atoms with Crippen molar-refractivity contribution in [2.45, 2.75) is 34.7 Å². The van der Waals surface area contributed by atoms with Gasteiger partial charge in [0.2, 0.25) is 5.91 Å². The van der Waals surface area contributed by atoms with Crippen molar-refractivity contribution in [3.63, 3.8) is 0 Å². The summed E-state index contributed by atoms with van der Waals surface area (Å²) in [5, 5.41) is 15.1. The van der Waals surface area contributed by atoms with Crippen LogP contribution in [-0.2, 0) is 10.5 Å². The van der Waals surface area contributed by atoms with Gasteiger partial charge >= 0.3 is 0 Å². The highest BCUT2D eigenvalue weighted by Gasteiger charge is 2.29. The first-order valence-electron chi connectivity index (χ1n) is 14.3. The molecule has 9 nitrogen and oxygen atoms in total. The van der Waals surface area contributed by atoms with Crippen molar-refractivity contribution < 1.29 is 4.79 Å². The summed E-state index contributed by atoms with van der Waals surface area (Å²) in [5.41, 5.74) is 7.65. The average Bonchev–Trinajstić information content (AvgIpc) is 3.47. The minimum atomic E-state index is -0.265. The molecular weight excluding hydrogens is 603 g/mol. The van der Waals surface area contributed by atoms with E-state index >= 15 is 0 Å². The maximum Gasteiger partial charge on any atom is 0.266 e. The Bertz CT molecular complexity index is 2090. The third-order valence-electron chi connectivity index (χ3n) is 7.38. The van der Waals surface area contributed by atoms with E-state index in [4.69, 9.17) is 4.98 Å². The lowest BCUT2D eigenvalue weighted by Gasteiger charge is -2.22. The van der Waals surface area contributed by atoms with Gasteiger partial charge in [-0.25, -0.2) is 10.4 Å². The Morgan fingerprint density at radius 1 is 0.778 bits per heavy atom. The fourth-order valence-corrected chi connectivity index (χ4v) is 7.27. The highest BCUT2D eigenvalue weighted by molar-refractivity contribution is 8.00. The molecule has 1 amide bonds. The molecule has 222 valence electrons. The number of carbonyl (C=O) groups excluding carboxylic acids is 1. The van der Waals surface area contributed by atoms with Crippen molar-refractivity contribution in [2.24, 2.45) is 5.10 Å². The van der Waals surface area contributed by atoms with Gasteiger partial charge < -0.3 is 0 Å². The highest BCUT2D eigenvalue weighted by atomic mass is 32.2. The molecule has 2 aromatic heterocycles. The van der Waals surface area contributed by atoms with E-state index in [0.29, 0.717) is 32.8 Å². The molecule has 7 rings (SSSR count). The monoisotopic (exact) mass is 629 g/mol. The van der Waals surface area contributed by atoms with Gasteiger partial charge in [0.15, 0.2) is 10.3 Å². The van der Waals surface area contributed by atoms with Crippen LogP contribution in [0.25, 0.3) is 22.3 Å². The molecule has 0 aliphatic carbocycles. The Labute approximate surface area is 267 Å². The third-order valence-corrected chi connectivity index (χ3v) is 9.46. The number of amides is 1. The minimum Gasteiger partial charge on any atom is -0.273 e. The van der Waals surface area contributed by atoms with Crippen LogP contribution < -0.4 is 11.0 Å². The number of nitrogens with one attached hydrogen (secondary N) is 1. The van der Waals surface area contributed by atoms with E-state index in [-0.39, 0.29) is 23.1 Å². The molecule has 0 saturated carbocycles. The first kappa shape index (κ1) is 28.8. The number of aromatic nitrogens is 5. The Morgan fingerprint density at radius 3 is 2.18 bits per heavy atom. The Balaban J connectivity index is 1.26. The standard InChI is InChI=1S/C34H27N7O2S2/c1-22-16-18-23(19-17-22)31-28(20-30(42)37-38-31)45-34-39-36-29(40(34)24-10-4-2-5-11-24)21-44-33-35-27-15-9-8-14-26(27)32(43)41(33)25-12-6-3-7-13-25/h2-19,28H,20-21H2,1H3,(H,37,42). The van der Waals surface area contributed by atoms with Crippen LogP contribution in [-0.4, -0.2) is 41.2 Å². The predicted molar refractivity (Wildman–Crippen MR) is 178 cm³/mol. The summed E-state index contributed by atoms with van der Waals surface area (Å²) >= 11 is 2.88. The van der Waals surface area contributed by atoms with Crippen LogP contribution in [0.3, 0.4) is 0 Å². The number of hydrazone groups is 1. The lowest BCUT2D eigenvalue weighted by molar-refractivity contribution is -0.121. The van der Waals surface area contributed by atoms with Crippen LogP contribution in [0.4, 0.5) is 0 Å². The molecule has 0 radical (unpaired) electrons. The molecular formula is C34H27N7O2S2. The maximum absolute atomic E-state index is 13.7. The first-order valence-corrected chi connectivity index (χ1v) is 16.2. The molecule has 1 aliphatic rings. The fourth-order valence-electron chi connectivity index (χ4n) is 5.15. The molecule has 1 N–H and O–H groups in total. The second-order valence-electron chi connectivity index (χ2n) is 10.5. The molecule has 45 heavy (non-hydrogen) atoms. The zero-order valence-corrected chi connectivity index (χ0v) is 25.8. The Kier molecular flexibility index (Phi) is 8.02. The van der Waals surface area contributed by atoms with Gasteiger partial charge in [-0.1, -0.05) is 102 Å². The number of carbonyl (C=O) groups is 1. The summed E-state index contributed by atoms with van der Waals surface area (Å²) in [6.07, 6.45) is 0.257. The van der Waals surface area contributed by atoms with Crippen LogP contribution in [0, 0.1) is 6.92 Å². The van der Waals surface area contributed by atoms with Crippen molar-refractivity contribution >= 4 is 46.0 Å². The summed E-state index contributed by atoms with van der Waals surface area (Å²) in [7, 11) is 0. The lowest BCUT2D eigenvalue weighted by atomic mass is 10.0. The van der Waals surface area contributed by atoms with E-state index in [1.54, 1.807) is 10.6 Å². The van der Waals surface area contributed by atoms with Gasteiger partial charge in [0, 0.05) is 12.1 Å². The van der Waals surface area contributed by atoms with E-state index in [2.05, 4.69) is 20.7 Å². The summed E-state index contributed by atoms with van der Waals surface area (Å²) in [6.45, 7) is 2.04. The number of aryl methyl sites for hydroxylation is 1. The van der Waals surface area contributed by atoms with Crippen LogP contribution >= 0.6 is 23.5 Å². The number of para-hydroxylation sites is 3. The summed E-state index contributed by atoms with van der Waals surface area (Å²) in [4.78, 5) is 31.1. The number of benzene rings is 4. The smallest absolute Gasteiger partial charge is 0.266 e. The zero-order valence-electron chi connectivity index (χ0n) is 24.2. The topological polar surface area (TPSA) is 107 Å². The third kappa shape index (κ3) is 5.92. The number of nitrogens with zero attached hydrogens (tertiary/aromatic N) is 6. The molecule has 1 unspecified atom stereocenters. The van der Waals surface area contributed by atoms with Gasteiger partial charge in [-0.2, -0.15) is 5.10 Å². The molecule has 3 heterocycles. The second-order valence-corrected chi connectivity index (χ2v) is 12.6. The van der Waals surface area contributed by atoms with Crippen LogP contribution in [0.1, 0.15) is 23.4 Å². The van der Waals surface area contributed by atoms with Crippen LogP contribution in [0.15, 0.2) is 129 Å². The SMILES string of the molecule is Cc1ccc(C2=NNC(=O)CC2Sc2nnc(CSc3nc4ccccc4c(=O)n3-c3ccccc3)n2-c2ccccc2)cc1. The highest BCUT2D eigenvalue weighted by Crippen LogP contribution is 2.33. The first-order chi connectivity index (χ1) is 22.0. The van der Waals surface area contributed by atoms with E-state index in [0.717, 1.165) is 28.2 Å². The van der Waals surface area contributed by atoms with Gasteiger partial charge in [-0.3, -0.25) is 18.7 Å². The minimum absolute atomic E-state index is 0.131. The van der Waals surface area contributed by atoms with Crippen molar-refractivity contribution in [1.82, 2.24) is 29.7 Å². The van der Waals surface area contributed by atoms with Crippen LogP contribution in [0.2, 0.25) is 0 Å². The predicted octanol–water partition coefficient (Wildman–Crippen LogP) is 5.95. The van der Waals surface area contributed by atoms with Gasteiger partial charge in [0.25, 0.3) is 5.56 Å². The van der Waals surface area contributed by atoms with Gasteiger partial charge in [-0.05, 0) is 48.9 Å². The molecule has 11 heteroatoms. The number of fused-ring (bicyclic) bond motifs is 1. The quantitative estimate of drug-likeness (QED) is 0.164. The maximum atomic E-state index is 13.7. The molecule has 1 aliphatic heterocycles. The molecule has 0 spiro atoms. The van der Waals surface area contributed by atoms with Crippen molar-refractivity contribution in [3.8, 4) is 11.4 Å². The molecule has 4 aromatic carbocycles. The van der Waals surface area contributed by atoms with E-state index in [1.807, 2.05) is 115 Å². The van der Waals surface area contributed by atoms with E-state index in [9.17, 15) is 9.59 Å². The Hall–Kier alpha value is -5.00. The average molecular weight is 630 g/mol. The number of rotatable bonds is 8. The molecule has 0 fully saturated rings. The van der Waals surface area contributed by atoms with Gasteiger partial charge in [0.05, 0.1) is 33.3 Å². The van der Waals surface area contributed by atoms with Crippen molar-refractivity contribution in [2.75, 3.05) is 0 Å². The normalized spacial score (nSPS) is 14.7. The second kappa shape index (κ2) is 12.5. The molecule has 6 aromatic rings. The van der Waals surface area contributed by atoms with E-state index < -0.39 is 0 Å². The Morgan fingerprint density at radius 2 is 1.44 bits per heavy atom. The van der Waals surface area contributed by atoms with E-state index in [1.165, 1.54) is 23.5 Å². The number of hydrogen-bond donors (Lipinski definition) is 1. The summed E-state index contributed by atoms with van der Waals surface area (Å²) in [5.74, 6) is 0.931. The largest absolute Gasteiger partial charge is 0.273 e. The fraction of sp³-hybridized carbons (Fsp3) is 0.118. The number of thioether (sulfide) groups is 2. The van der Waals surface area contributed by atoms with Gasteiger partial charge in [-0.15, -0.1) is 10.2 Å². The van der Waals surface area contributed by atoms with Crippen LogP contribution in [0.5, 0.6) is 0 Å². The molecule has 1 atom stereocenters. The summed E-state index contributed by atoms with van der Waals surface area (Å²) in [6, 6.07) is 34.9. The number of hydrogen-bond acceptors (Lipinski definition) is 8.